The molecule has 3 nitrogen and oxygen atoms in total. The van der Waals surface area contributed by atoms with Crippen molar-refractivity contribution < 1.29 is 15.0 Å². The first-order chi connectivity index (χ1) is 8.09. The Morgan fingerprint density at radius 1 is 1.41 bits per heavy atom. The lowest BCUT2D eigenvalue weighted by Crippen LogP contribution is -1.95. The fourth-order valence-corrected chi connectivity index (χ4v) is 1.95. The number of hydrogen-bond donors (Lipinski definition) is 2. The van der Waals surface area contributed by atoms with Gasteiger partial charge in [0.1, 0.15) is 0 Å². The van der Waals surface area contributed by atoms with Gasteiger partial charge in [-0.15, -0.1) is 0 Å². The summed E-state index contributed by atoms with van der Waals surface area (Å²) in [5.74, 6) is -0.905. The lowest BCUT2D eigenvalue weighted by atomic mass is 10.0. The first-order valence-corrected chi connectivity index (χ1v) is 5.47. The molecule has 1 atom stereocenters. The van der Waals surface area contributed by atoms with E-state index in [0.29, 0.717) is 12.0 Å². The van der Waals surface area contributed by atoms with Crippen LogP contribution in [0, 0.1) is 0 Å². The van der Waals surface area contributed by atoms with Gasteiger partial charge in [-0.1, -0.05) is 30.3 Å². The average molecular weight is 230 g/mol. The van der Waals surface area contributed by atoms with Crippen LogP contribution in [0.3, 0.4) is 0 Å². The Morgan fingerprint density at radius 2 is 2.12 bits per heavy atom. The highest BCUT2D eigenvalue weighted by Crippen LogP contribution is 2.36. The molecule has 0 heterocycles. The number of carboxylic acid groups (broad SMARTS) is 1. The van der Waals surface area contributed by atoms with E-state index in [1.807, 2.05) is 24.3 Å². The number of hydrogen-bond acceptors (Lipinski definition) is 2. The van der Waals surface area contributed by atoms with Crippen LogP contribution in [0.2, 0.25) is 0 Å². The van der Waals surface area contributed by atoms with Gasteiger partial charge in [-0.25, -0.2) is 4.79 Å². The number of fused-ring (bicyclic) bond motifs is 1. The van der Waals surface area contributed by atoms with Gasteiger partial charge in [0.05, 0.1) is 6.10 Å². The third-order valence-corrected chi connectivity index (χ3v) is 2.95. The second-order valence-electron chi connectivity index (χ2n) is 4.12. The lowest BCUT2D eigenvalue weighted by Gasteiger charge is -2.04. The van der Waals surface area contributed by atoms with Gasteiger partial charge in [0.15, 0.2) is 0 Å². The number of aliphatic hydroxyl groups is 1. The van der Waals surface area contributed by atoms with Crippen LogP contribution in [0.25, 0.3) is 5.57 Å². The van der Waals surface area contributed by atoms with E-state index in [1.54, 1.807) is 19.1 Å². The third-order valence-electron chi connectivity index (χ3n) is 2.95. The van der Waals surface area contributed by atoms with Gasteiger partial charge in [0.25, 0.3) is 0 Å². The van der Waals surface area contributed by atoms with Crippen LogP contribution < -0.4 is 0 Å². The maximum Gasteiger partial charge on any atom is 0.330 e. The SMILES string of the molecule is C/C(=C/CC1=CC(O)c2ccccc21)C(=O)O. The molecule has 1 aliphatic rings. The van der Waals surface area contributed by atoms with Gasteiger partial charge in [0, 0.05) is 5.57 Å². The van der Waals surface area contributed by atoms with Crippen LogP contribution >= 0.6 is 0 Å². The molecule has 0 aromatic heterocycles. The fraction of sp³-hybridized carbons (Fsp3) is 0.214. The Kier molecular flexibility index (Phi) is 3.11. The minimum absolute atomic E-state index is 0.324. The molecule has 0 fully saturated rings. The Bertz CT molecular complexity index is 512. The van der Waals surface area contributed by atoms with Crippen molar-refractivity contribution in [3.8, 4) is 0 Å². The fourth-order valence-electron chi connectivity index (χ4n) is 1.95. The van der Waals surface area contributed by atoms with Gasteiger partial charge < -0.3 is 10.2 Å². The molecule has 0 aliphatic heterocycles. The van der Waals surface area contributed by atoms with Gasteiger partial charge >= 0.3 is 5.97 Å². The van der Waals surface area contributed by atoms with Gasteiger partial charge in [-0.2, -0.15) is 0 Å². The van der Waals surface area contributed by atoms with E-state index in [1.165, 1.54) is 0 Å². The number of rotatable bonds is 3. The van der Waals surface area contributed by atoms with Gasteiger partial charge in [0.2, 0.25) is 0 Å². The summed E-state index contributed by atoms with van der Waals surface area (Å²) in [6.45, 7) is 1.57. The van der Waals surface area contributed by atoms with E-state index in [9.17, 15) is 9.90 Å². The predicted octanol–water partition coefficient (Wildman–Crippen LogP) is 2.54. The van der Waals surface area contributed by atoms with Crippen molar-refractivity contribution in [1.29, 1.82) is 0 Å². The summed E-state index contributed by atoms with van der Waals surface area (Å²) in [4.78, 5) is 10.7. The van der Waals surface area contributed by atoms with E-state index >= 15 is 0 Å². The molecule has 1 aromatic rings. The van der Waals surface area contributed by atoms with Crippen molar-refractivity contribution in [3.63, 3.8) is 0 Å². The minimum atomic E-state index is -0.905. The topological polar surface area (TPSA) is 57.5 Å². The highest BCUT2D eigenvalue weighted by Gasteiger charge is 2.19. The number of allylic oxidation sites excluding steroid dienone is 2. The van der Waals surface area contributed by atoms with Crippen molar-refractivity contribution in [2.75, 3.05) is 0 Å². The van der Waals surface area contributed by atoms with E-state index < -0.39 is 12.1 Å². The molecule has 0 amide bonds. The van der Waals surface area contributed by atoms with E-state index in [2.05, 4.69) is 0 Å². The summed E-state index contributed by atoms with van der Waals surface area (Å²) in [5.41, 5.74) is 3.21. The Morgan fingerprint density at radius 3 is 2.82 bits per heavy atom. The van der Waals surface area contributed by atoms with Crippen LogP contribution in [-0.2, 0) is 4.79 Å². The molecule has 0 saturated carbocycles. The monoisotopic (exact) mass is 230 g/mol. The summed E-state index contributed by atoms with van der Waals surface area (Å²) in [5, 5.41) is 18.6. The highest BCUT2D eigenvalue weighted by atomic mass is 16.4. The number of benzene rings is 1. The molecule has 1 aliphatic carbocycles. The molecule has 1 unspecified atom stereocenters. The molecule has 17 heavy (non-hydrogen) atoms. The van der Waals surface area contributed by atoms with Crippen molar-refractivity contribution in [2.45, 2.75) is 19.4 Å². The largest absolute Gasteiger partial charge is 0.478 e. The zero-order valence-corrected chi connectivity index (χ0v) is 9.55. The molecule has 2 rings (SSSR count). The average Bonchev–Trinajstić information content (AvgIpc) is 2.64. The normalized spacial score (nSPS) is 18.8. The van der Waals surface area contributed by atoms with Gasteiger partial charge in [-0.3, -0.25) is 0 Å². The zero-order chi connectivity index (χ0) is 12.4. The van der Waals surface area contributed by atoms with Crippen molar-refractivity contribution in [3.05, 3.63) is 53.1 Å². The molecular formula is C14H14O3. The maximum absolute atomic E-state index is 10.7. The van der Waals surface area contributed by atoms with E-state index in [0.717, 1.165) is 16.7 Å². The molecular weight excluding hydrogens is 216 g/mol. The first-order valence-electron chi connectivity index (χ1n) is 5.47. The summed E-state index contributed by atoms with van der Waals surface area (Å²) in [6.07, 6.45) is 3.41. The van der Waals surface area contributed by atoms with Crippen LogP contribution in [0.4, 0.5) is 0 Å². The molecule has 0 bridgehead atoms. The molecule has 0 radical (unpaired) electrons. The molecule has 1 aromatic carbocycles. The molecule has 2 N–H and O–H groups in total. The number of aliphatic hydroxyl groups excluding tert-OH is 1. The first kappa shape index (κ1) is 11.6. The predicted molar refractivity (Wildman–Crippen MR) is 65.4 cm³/mol. The summed E-state index contributed by atoms with van der Waals surface area (Å²) in [7, 11) is 0. The van der Waals surface area contributed by atoms with Crippen LogP contribution in [0.1, 0.15) is 30.6 Å². The zero-order valence-electron chi connectivity index (χ0n) is 9.55. The number of carbonyl (C=O) groups is 1. The standard InChI is InChI=1S/C14H14O3/c1-9(14(16)17)6-7-10-8-13(15)12-5-3-2-4-11(10)12/h2-6,8,13,15H,7H2,1H3,(H,16,17)/b9-6-. The highest BCUT2D eigenvalue weighted by molar-refractivity contribution is 5.86. The Balaban J connectivity index is 2.23. The number of carboxylic acids is 1. The lowest BCUT2D eigenvalue weighted by molar-refractivity contribution is -0.132. The summed E-state index contributed by atoms with van der Waals surface area (Å²) in [6, 6.07) is 7.63. The summed E-state index contributed by atoms with van der Waals surface area (Å²) < 4.78 is 0. The third kappa shape index (κ3) is 2.29. The van der Waals surface area contributed by atoms with Crippen molar-refractivity contribution >= 4 is 11.5 Å². The van der Waals surface area contributed by atoms with Crippen LogP contribution in [0.5, 0.6) is 0 Å². The van der Waals surface area contributed by atoms with Crippen LogP contribution in [0.15, 0.2) is 42.0 Å². The molecule has 0 saturated heterocycles. The van der Waals surface area contributed by atoms with Gasteiger partial charge in [-0.05, 0) is 36.1 Å². The maximum atomic E-state index is 10.7. The smallest absolute Gasteiger partial charge is 0.330 e. The Hall–Kier alpha value is -1.87. The quantitative estimate of drug-likeness (QED) is 0.784. The number of aliphatic carboxylic acids is 1. The second-order valence-corrected chi connectivity index (χ2v) is 4.12. The van der Waals surface area contributed by atoms with E-state index in [-0.39, 0.29) is 0 Å². The Labute approximate surface area is 99.7 Å². The van der Waals surface area contributed by atoms with Crippen molar-refractivity contribution in [1.82, 2.24) is 0 Å². The minimum Gasteiger partial charge on any atom is -0.478 e. The van der Waals surface area contributed by atoms with Crippen LogP contribution in [-0.4, -0.2) is 16.2 Å². The van der Waals surface area contributed by atoms with E-state index in [4.69, 9.17) is 5.11 Å². The second kappa shape index (κ2) is 4.55. The summed E-state index contributed by atoms with van der Waals surface area (Å²) >= 11 is 0. The molecule has 3 heteroatoms. The molecule has 88 valence electrons. The van der Waals surface area contributed by atoms with Crippen molar-refractivity contribution in [2.24, 2.45) is 0 Å². The molecule has 0 spiro atoms.